The van der Waals surface area contributed by atoms with Crippen LogP contribution in [0.25, 0.3) is 0 Å². The molecule has 0 unspecified atom stereocenters. The molecule has 2 rings (SSSR count). The lowest BCUT2D eigenvalue weighted by Gasteiger charge is -2.11. The second kappa shape index (κ2) is 4.92. The highest BCUT2D eigenvalue weighted by Crippen LogP contribution is 2.28. The molecule has 0 atom stereocenters. The molecular weight excluding hydrogens is 224 g/mol. The minimum absolute atomic E-state index is 0.0635. The number of nitrogens with one attached hydrogen (secondary N) is 1. The van der Waals surface area contributed by atoms with E-state index in [1.807, 2.05) is 44.2 Å². The van der Waals surface area contributed by atoms with Gasteiger partial charge in [0.15, 0.2) is 0 Å². The van der Waals surface area contributed by atoms with E-state index in [9.17, 15) is 0 Å². The molecule has 0 bridgehead atoms. The predicted octanol–water partition coefficient (Wildman–Crippen LogP) is 3.38. The summed E-state index contributed by atoms with van der Waals surface area (Å²) >= 11 is 0. The number of benzene rings is 2. The summed E-state index contributed by atoms with van der Waals surface area (Å²) in [7, 11) is 0. The Hall–Kier alpha value is -2.29. The van der Waals surface area contributed by atoms with E-state index in [4.69, 9.17) is 15.9 Å². The minimum atomic E-state index is 0.0635. The fourth-order valence-electron chi connectivity index (χ4n) is 1.78. The average Bonchev–Trinajstić information content (AvgIpc) is 2.34. The molecule has 0 spiro atoms. The van der Waals surface area contributed by atoms with Crippen molar-refractivity contribution < 1.29 is 4.74 Å². The van der Waals surface area contributed by atoms with Crippen LogP contribution in [0.4, 0.5) is 0 Å². The third-order valence-electron chi connectivity index (χ3n) is 2.79. The Morgan fingerprint density at radius 2 is 1.56 bits per heavy atom. The molecule has 3 N–H and O–H groups in total. The summed E-state index contributed by atoms with van der Waals surface area (Å²) in [5.74, 6) is 1.69. The fourth-order valence-corrected chi connectivity index (χ4v) is 1.78. The van der Waals surface area contributed by atoms with Gasteiger partial charge in [-0.3, -0.25) is 5.41 Å². The van der Waals surface area contributed by atoms with Crippen LogP contribution in [0.15, 0.2) is 42.5 Å². The summed E-state index contributed by atoms with van der Waals surface area (Å²) in [5.41, 5.74) is 8.31. The third kappa shape index (κ3) is 2.51. The Kier molecular flexibility index (Phi) is 3.33. The Bertz CT molecular complexity index is 553. The summed E-state index contributed by atoms with van der Waals surface area (Å²) in [6.07, 6.45) is 0. The maximum Gasteiger partial charge on any atom is 0.133 e. The van der Waals surface area contributed by atoms with Crippen molar-refractivity contribution in [2.45, 2.75) is 13.8 Å². The van der Waals surface area contributed by atoms with Crippen molar-refractivity contribution in [2.75, 3.05) is 0 Å². The standard InChI is InChI=1S/C15H16N2O/c1-10-4-3-5-11(2)14(10)18-13-8-6-12(7-9-13)15(16)17/h3-9H,1-2H3,(H3,16,17). The Morgan fingerprint density at radius 3 is 2.06 bits per heavy atom. The zero-order valence-electron chi connectivity index (χ0n) is 10.5. The molecule has 3 heteroatoms. The molecule has 0 aromatic heterocycles. The zero-order valence-corrected chi connectivity index (χ0v) is 10.5. The molecule has 0 radical (unpaired) electrons. The number of nitrogens with two attached hydrogens (primary N) is 1. The van der Waals surface area contributed by atoms with E-state index in [1.165, 1.54) is 0 Å². The van der Waals surface area contributed by atoms with Crippen molar-refractivity contribution in [1.29, 1.82) is 5.41 Å². The first-order valence-corrected chi connectivity index (χ1v) is 5.76. The molecule has 92 valence electrons. The van der Waals surface area contributed by atoms with Gasteiger partial charge in [-0.05, 0) is 49.2 Å². The number of para-hydroxylation sites is 1. The van der Waals surface area contributed by atoms with E-state index >= 15 is 0 Å². The van der Waals surface area contributed by atoms with Crippen molar-refractivity contribution in [3.63, 3.8) is 0 Å². The number of amidine groups is 1. The highest BCUT2D eigenvalue weighted by molar-refractivity contribution is 5.94. The molecule has 0 saturated heterocycles. The van der Waals surface area contributed by atoms with Gasteiger partial charge < -0.3 is 10.5 Å². The average molecular weight is 240 g/mol. The topological polar surface area (TPSA) is 59.1 Å². The van der Waals surface area contributed by atoms with Crippen LogP contribution < -0.4 is 10.5 Å². The van der Waals surface area contributed by atoms with Gasteiger partial charge in [0, 0.05) is 5.56 Å². The molecular formula is C15H16N2O. The van der Waals surface area contributed by atoms with Crippen LogP contribution in [0.1, 0.15) is 16.7 Å². The summed E-state index contributed by atoms with van der Waals surface area (Å²) in [4.78, 5) is 0. The largest absolute Gasteiger partial charge is 0.457 e. The van der Waals surface area contributed by atoms with Crippen molar-refractivity contribution in [3.05, 3.63) is 59.2 Å². The zero-order chi connectivity index (χ0) is 13.1. The van der Waals surface area contributed by atoms with E-state index in [-0.39, 0.29) is 5.84 Å². The number of hydrogen-bond donors (Lipinski definition) is 2. The molecule has 18 heavy (non-hydrogen) atoms. The number of rotatable bonds is 3. The van der Waals surface area contributed by atoms with Crippen molar-refractivity contribution in [1.82, 2.24) is 0 Å². The lowest BCUT2D eigenvalue weighted by Crippen LogP contribution is -2.10. The number of ether oxygens (including phenoxy) is 1. The number of aryl methyl sites for hydroxylation is 2. The molecule has 0 fully saturated rings. The van der Waals surface area contributed by atoms with Gasteiger partial charge in [-0.25, -0.2) is 0 Å². The molecule has 2 aromatic rings. The van der Waals surface area contributed by atoms with Gasteiger partial charge in [0.25, 0.3) is 0 Å². The Balaban J connectivity index is 2.26. The van der Waals surface area contributed by atoms with Gasteiger partial charge in [0.05, 0.1) is 0 Å². The summed E-state index contributed by atoms with van der Waals surface area (Å²) < 4.78 is 5.86. The first kappa shape index (κ1) is 12.2. The second-order valence-electron chi connectivity index (χ2n) is 4.26. The Labute approximate surface area is 107 Å². The molecule has 0 saturated carbocycles. The predicted molar refractivity (Wildman–Crippen MR) is 73.4 cm³/mol. The molecule has 0 heterocycles. The fraction of sp³-hybridized carbons (Fsp3) is 0.133. The van der Waals surface area contributed by atoms with Crippen molar-refractivity contribution in [2.24, 2.45) is 5.73 Å². The van der Waals surface area contributed by atoms with Gasteiger partial charge in [-0.15, -0.1) is 0 Å². The van der Waals surface area contributed by atoms with Crippen LogP contribution in [0.5, 0.6) is 11.5 Å². The van der Waals surface area contributed by atoms with Gasteiger partial charge in [-0.2, -0.15) is 0 Å². The first-order valence-electron chi connectivity index (χ1n) is 5.76. The van der Waals surface area contributed by atoms with Crippen LogP contribution in [-0.2, 0) is 0 Å². The molecule has 3 nitrogen and oxygen atoms in total. The molecule has 2 aromatic carbocycles. The van der Waals surface area contributed by atoms with Gasteiger partial charge >= 0.3 is 0 Å². The normalized spacial score (nSPS) is 10.1. The summed E-state index contributed by atoms with van der Waals surface area (Å²) in [6, 6.07) is 13.3. The molecule has 0 aliphatic carbocycles. The summed E-state index contributed by atoms with van der Waals surface area (Å²) in [6.45, 7) is 4.04. The van der Waals surface area contributed by atoms with E-state index in [2.05, 4.69) is 0 Å². The van der Waals surface area contributed by atoms with E-state index in [1.54, 1.807) is 12.1 Å². The van der Waals surface area contributed by atoms with E-state index in [0.29, 0.717) is 5.56 Å². The lowest BCUT2D eigenvalue weighted by atomic mass is 10.1. The minimum Gasteiger partial charge on any atom is -0.457 e. The monoisotopic (exact) mass is 240 g/mol. The van der Waals surface area contributed by atoms with Crippen LogP contribution >= 0.6 is 0 Å². The second-order valence-corrected chi connectivity index (χ2v) is 4.26. The highest BCUT2D eigenvalue weighted by atomic mass is 16.5. The van der Waals surface area contributed by atoms with Crippen molar-refractivity contribution >= 4 is 5.84 Å². The maximum absolute atomic E-state index is 7.33. The van der Waals surface area contributed by atoms with Crippen LogP contribution in [0, 0.1) is 19.3 Å². The quantitative estimate of drug-likeness (QED) is 0.638. The van der Waals surface area contributed by atoms with Gasteiger partial charge in [0.2, 0.25) is 0 Å². The summed E-state index contributed by atoms with van der Waals surface area (Å²) in [5, 5.41) is 7.33. The van der Waals surface area contributed by atoms with Gasteiger partial charge in [-0.1, -0.05) is 18.2 Å². The maximum atomic E-state index is 7.33. The SMILES string of the molecule is Cc1cccc(C)c1Oc1ccc(C(=N)N)cc1. The lowest BCUT2D eigenvalue weighted by molar-refractivity contribution is 0.475. The van der Waals surface area contributed by atoms with Crippen LogP contribution in [-0.4, -0.2) is 5.84 Å². The Morgan fingerprint density at radius 1 is 1.00 bits per heavy atom. The molecule has 0 aliphatic rings. The van der Waals surface area contributed by atoms with E-state index < -0.39 is 0 Å². The van der Waals surface area contributed by atoms with Gasteiger partial charge in [0.1, 0.15) is 17.3 Å². The van der Waals surface area contributed by atoms with E-state index in [0.717, 1.165) is 22.6 Å². The molecule has 0 amide bonds. The van der Waals surface area contributed by atoms with Crippen LogP contribution in [0.2, 0.25) is 0 Å². The number of nitrogen functional groups attached to an aromatic ring is 1. The van der Waals surface area contributed by atoms with Crippen molar-refractivity contribution in [3.8, 4) is 11.5 Å². The molecule has 0 aliphatic heterocycles. The number of hydrogen-bond acceptors (Lipinski definition) is 2. The van der Waals surface area contributed by atoms with Crippen LogP contribution in [0.3, 0.4) is 0 Å². The highest BCUT2D eigenvalue weighted by Gasteiger charge is 2.05. The first-order chi connectivity index (χ1) is 8.58. The smallest absolute Gasteiger partial charge is 0.133 e. The third-order valence-corrected chi connectivity index (χ3v) is 2.79.